The monoisotopic (exact) mass is 460 g/mol. The Morgan fingerprint density at radius 3 is 2.50 bits per heavy atom. The van der Waals surface area contributed by atoms with Gasteiger partial charge in [-0.2, -0.15) is 0 Å². The van der Waals surface area contributed by atoms with Gasteiger partial charge >= 0.3 is 0 Å². The molecule has 2 aromatic carbocycles. The molecule has 1 aliphatic rings. The highest BCUT2D eigenvalue weighted by molar-refractivity contribution is 5.75. The van der Waals surface area contributed by atoms with Crippen molar-refractivity contribution in [2.24, 2.45) is 0 Å². The fraction of sp³-hybridized carbons (Fsp3) is 0.429. The van der Waals surface area contributed by atoms with E-state index in [1.165, 1.54) is 16.8 Å². The van der Waals surface area contributed by atoms with Crippen LogP contribution in [-0.4, -0.2) is 55.1 Å². The first-order chi connectivity index (χ1) is 16.5. The lowest BCUT2D eigenvalue weighted by Crippen LogP contribution is -2.48. The molecule has 3 aromatic rings. The lowest BCUT2D eigenvalue weighted by Gasteiger charge is -2.36. The maximum Gasteiger partial charge on any atom is 0.226 e. The standard InChI is InChI=1S/C28H36N4O2/c1-21-10-12-24(13-11-21)28-30-26(23(3)34-28)8-5-9-27(33)29-14-15-31-16-18-32(19-17-31)25-7-4-6-22(2)20-25/h4,6-7,10-13,20H,5,8-9,14-19H2,1-3H3,(H,29,33). The number of carbonyl (C=O) groups excluding carboxylic acids is 1. The van der Waals surface area contributed by atoms with Crippen molar-refractivity contribution in [1.82, 2.24) is 15.2 Å². The normalized spacial score (nSPS) is 14.4. The van der Waals surface area contributed by atoms with E-state index in [-0.39, 0.29) is 5.91 Å². The summed E-state index contributed by atoms with van der Waals surface area (Å²) in [4.78, 5) is 21.8. The van der Waals surface area contributed by atoms with Crippen LogP contribution in [0.25, 0.3) is 11.5 Å². The maximum atomic E-state index is 12.3. The number of aryl methyl sites for hydroxylation is 4. The molecule has 0 bridgehead atoms. The number of nitrogens with zero attached hydrogens (tertiary/aromatic N) is 3. The number of anilines is 1. The number of aromatic nitrogens is 1. The summed E-state index contributed by atoms with van der Waals surface area (Å²) in [6.45, 7) is 11.8. The van der Waals surface area contributed by atoms with Gasteiger partial charge in [-0.25, -0.2) is 4.98 Å². The lowest BCUT2D eigenvalue weighted by atomic mass is 10.1. The topological polar surface area (TPSA) is 61.6 Å². The molecule has 1 aromatic heterocycles. The van der Waals surface area contributed by atoms with Crippen LogP contribution in [0.2, 0.25) is 0 Å². The molecule has 1 saturated heterocycles. The van der Waals surface area contributed by atoms with Gasteiger partial charge < -0.3 is 14.6 Å². The molecule has 0 aliphatic carbocycles. The summed E-state index contributed by atoms with van der Waals surface area (Å²) in [5.74, 6) is 1.60. The second-order valence-electron chi connectivity index (χ2n) is 9.26. The largest absolute Gasteiger partial charge is 0.441 e. The van der Waals surface area contributed by atoms with Gasteiger partial charge in [0, 0.05) is 56.9 Å². The summed E-state index contributed by atoms with van der Waals surface area (Å²) in [5, 5.41) is 3.08. The third kappa shape index (κ3) is 6.48. The predicted octanol–water partition coefficient (Wildman–Crippen LogP) is 4.53. The minimum atomic E-state index is 0.110. The molecule has 6 heteroatoms. The molecule has 0 saturated carbocycles. The van der Waals surface area contributed by atoms with Crippen LogP contribution < -0.4 is 10.2 Å². The molecule has 1 N–H and O–H groups in total. The number of amides is 1. The molecule has 1 amide bonds. The van der Waals surface area contributed by atoms with Gasteiger partial charge in [0.15, 0.2) is 0 Å². The van der Waals surface area contributed by atoms with Crippen molar-refractivity contribution in [2.75, 3.05) is 44.2 Å². The predicted molar refractivity (Wildman–Crippen MR) is 137 cm³/mol. The number of hydrogen-bond donors (Lipinski definition) is 1. The van der Waals surface area contributed by atoms with Crippen LogP contribution in [0.1, 0.15) is 35.4 Å². The van der Waals surface area contributed by atoms with Crippen LogP contribution in [-0.2, 0) is 11.2 Å². The minimum Gasteiger partial charge on any atom is -0.441 e. The molecule has 0 atom stereocenters. The van der Waals surface area contributed by atoms with Crippen molar-refractivity contribution in [3.05, 3.63) is 71.1 Å². The van der Waals surface area contributed by atoms with Gasteiger partial charge in [0.1, 0.15) is 5.76 Å². The molecule has 6 nitrogen and oxygen atoms in total. The highest BCUT2D eigenvalue weighted by atomic mass is 16.4. The van der Waals surface area contributed by atoms with E-state index in [9.17, 15) is 4.79 Å². The third-order valence-corrected chi connectivity index (χ3v) is 6.50. The Bertz CT molecular complexity index is 1080. The smallest absolute Gasteiger partial charge is 0.226 e. The average Bonchev–Trinajstić information content (AvgIpc) is 3.20. The molecule has 0 spiro atoms. The number of benzene rings is 2. The van der Waals surface area contributed by atoms with Crippen LogP contribution in [0.5, 0.6) is 0 Å². The van der Waals surface area contributed by atoms with Crippen LogP contribution in [0.15, 0.2) is 52.9 Å². The maximum absolute atomic E-state index is 12.3. The molecule has 4 rings (SSSR count). The summed E-state index contributed by atoms with van der Waals surface area (Å²) in [6.07, 6.45) is 2.02. The first kappa shape index (κ1) is 24.0. The van der Waals surface area contributed by atoms with Gasteiger partial charge in [0.05, 0.1) is 5.69 Å². The Morgan fingerprint density at radius 2 is 1.76 bits per heavy atom. The minimum absolute atomic E-state index is 0.110. The Morgan fingerprint density at radius 1 is 1.00 bits per heavy atom. The molecular formula is C28H36N4O2. The van der Waals surface area contributed by atoms with Gasteiger partial charge in [0.25, 0.3) is 0 Å². The van der Waals surface area contributed by atoms with Gasteiger partial charge in [0.2, 0.25) is 11.8 Å². The van der Waals surface area contributed by atoms with E-state index >= 15 is 0 Å². The molecule has 1 aliphatic heterocycles. The van der Waals surface area contributed by atoms with Crippen molar-refractivity contribution < 1.29 is 9.21 Å². The van der Waals surface area contributed by atoms with E-state index in [2.05, 4.69) is 70.3 Å². The fourth-order valence-corrected chi connectivity index (χ4v) is 4.39. The molecular weight excluding hydrogens is 424 g/mol. The van der Waals surface area contributed by atoms with E-state index in [1.54, 1.807) is 0 Å². The van der Waals surface area contributed by atoms with Gasteiger partial charge in [-0.1, -0.05) is 29.8 Å². The van der Waals surface area contributed by atoms with E-state index in [0.717, 1.165) is 62.6 Å². The molecule has 34 heavy (non-hydrogen) atoms. The summed E-state index contributed by atoms with van der Waals surface area (Å²) in [5.41, 5.74) is 5.74. The molecule has 1 fully saturated rings. The number of hydrogen-bond acceptors (Lipinski definition) is 5. The fourth-order valence-electron chi connectivity index (χ4n) is 4.39. The van der Waals surface area contributed by atoms with Crippen molar-refractivity contribution >= 4 is 11.6 Å². The van der Waals surface area contributed by atoms with E-state index < -0.39 is 0 Å². The second kappa shape index (κ2) is 11.3. The van der Waals surface area contributed by atoms with Crippen LogP contribution in [0.3, 0.4) is 0 Å². The van der Waals surface area contributed by atoms with E-state index in [4.69, 9.17) is 4.42 Å². The van der Waals surface area contributed by atoms with Gasteiger partial charge in [-0.3, -0.25) is 9.69 Å². The van der Waals surface area contributed by atoms with Gasteiger partial charge in [-0.15, -0.1) is 0 Å². The zero-order valence-corrected chi connectivity index (χ0v) is 20.6. The first-order valence-electron chi connectivity index (χ1n) is 12.3. The van der Waals surface area contributed by atoms with Crippen LogP contribution in [0, 0.1) is 20.8 Å². The highest BCUT2D eigenvalue weighted by Crippen LogP contribution is 2.23. The van der Waals surface area contributed by atoms with Crippen LogP contribution in [0.4, 0.5) is 5.69 Å². The Labute approximate surface area is 203 Å². The Balaban J connectivity index is 1.13. The third-order valence-electron chi connectivity index (χ3n) is 6.50. The zero-order chi connectivity index (χ0) is 23.9. The van der Waals surface area contributed by atoms with Crippen LogP contribution >= 0.6 is 0 Å². The second-order valence-corrected chi connectivity index (χ2v) is 9.26. The first-order valence-corrected chi connectivity index (χ1v) is 12.3. The SMILES string of the molecule is Cc1ccc(-c2nc(CCCC(=O)NCCN3CCN(c4cccc(C)c4)CC3)c(C)o2)cc1. The summed E-state index contributed by atoms with van der Waals surface area (Å²) >= 11 is 0. The number of piperazine rings is 1. The van der Waals surface area contributed by atoms with Gasteiger partial charge in [-0.05, 0) is 63.4 Å². The Hall–Kier alpha value is -3.12. The summed E-state index contributed by atoms with van der Waals surface area (Å²) < 4.78 is 5.85. The molecule has 0 unspecified atom stereocenters. The van der Waals surface area contributed by atoms with E-state index in [0.29, 0.717) is 18.9 Å². The number of rotatable bonds is 9. The molecule has 180 valence electrons. The van der Waals surface area contributed by atoms with Crippen molar-refractivity contribution in [3.63, 3.8) is 0 Å². The quantitative estimate of drug-likeness (QED) is 0.508. The van der Waals surface area contributed by atoms with Crippen molar-refractivity contribution in [2.45, 2.75) is 40.0 Å². The van der Waals surface area contributed by atoms with Crippen molar-refractivity contribution in [3.8, 4) is 11.5 Å². The van der Waals surface area contributed by atoms with E-state index in [1.807, 2.05) is 19.1 Å². The number of carbonyl (C=O) groups is 1. The summed E-state index contributed by atoms with van der Waals surface area (Å²) in [6, 6.07) is 16.9. The van der Waals surface area contributed by atoms with Crippen molar-refractivity contribution in [1.29, 1.82) is 0 Å². The average molecular weight is 461 g/mol. The number of nitrogens with one attached hydrogen (secondary N) is 1. The Kier molecular flexibility index (Phi) is 8.01. The number of oxazole rings is 1. The molecule has 2 heterocycles. The lowest BCUT2D eigenvalue weighted by molar-refractivity contribution is -0.121. The zero-order valence-electron chi connectivity index (χ0n) is 20.6. The molecule has 0 radical (unpaired) electrons. The summed E-state index contributed by atoms with van der Waals surface area (Å²) in [7, 11) is 0. The highest BCUT2D eigenvalue weighted by Gasteiger charge is 2.17.